The molecule has 0 bridgehead atoms. The van der Waals surface area contributed by atoms with Crippen LogP contribution in [0.2, 0.25) is 0 Å². The second-order valence-corrected chi connectivity index (χ2v) is 6.18. The van der Waals surface area contributed by atoms with Crippen molar-refractivity contribution in [2.24, 2.45) is 4.99 Å². The van der Waals surface area contributed by atoms with Gasteiger partial charge in [-0.25, -0.2) is 9.36 Å². The summed E-state index contributed by atoms with van der Waals surface area (Å²) in [4.78, 5) is 31.1. The second kappa shape index (κ2) is 6.88. The zero-order chi connectivity index (χ0) is 19.7. The normalized spacial score (nSPS) is 11.3. The van der Waals surface area contributed by atoms with Crippen molar-refractivity contribution >= 4 is 28.4 Å². The lowest BCUT2D eigenvalue weighted by molar-refractivity contribution is 0.430. The van der Waals surface area contributed by atoms with Crippen LogP contribution in [0.1, 0.15) is 5.56 Å². The van der Waals surface area contributed by atoms with Crippen LogP contribution < -0.4 is 17.0 Å². The molecule has 1 heterocycles. The lowest BCUT2D eigenvalue weighted by Gasteiger charge is -2.12. The smallest absolute Gasteiger partial charge is 0.335 e. The zero-order valence-electron chi connectivity index (χ0n) is 14.7. The quantitative estimate of drug-likeness (QED) is 0.379. The number of nitrogens with two attached hydrogens (primary N) is 1. The first-order valence-electron chi connectivity index (χ1n) is 8.50. The first-order chi connectivity index (χ1) is 13.5. The number of aliphatic imine (C=N–C) groups is 1. The Morgan fingerprint density at radius 3 is 2.57 bits per heavy atom. The molecule has 28 heavy (non-hydrogen) atoms. The van der Waals surface area contributed by atoms with Crippen molar-refractivity contribution in [1.29, 1.82) is 0 Å². The van der Waals surface area contributed by atoms with Gasteiger partial charge in [-0.05, 0) is 29.7 Å². The number of rotatable bonds is 3. The van der Waals surface area contributed by atoms with E-state index in [-0.39, 0.29) is 5.56 Å². The van der Waals surface area contributed by atoms with Gasteiger partial charge in [-0.3, -0.25) is 14.8 Å². The number of aromatic amines is 1. The van der Waals surface area contributed by atoms with Gasteiger partial charge in [0, 0.05) is 17.3 Å². The minimum atomic E-state index is -0.736. The van der Waals surface area contributed by atoms with Crippen LogP contribution in [0.15, 0.2) is 81.3 Å². The summed E-state index contributed by atoms with van der Waals surface area (Å²) < 4.78 is 1.06. The average Bonchev–Trinajstić information content (AvgIpc) is 2.68. The summed E-state index contributed by atoms with van der Waals surface area (Å²) in [6.07, 6.45) is 1.21. The van der Waals surface area contributed by atoms with Gasteiger partial charge in [0.15, 0.2) is 0 Å². The maximum atomic E-state index is 12.5. The third kappa shape index (κ3) is 3.05. The highest BCUT2D eigenvalue weighted by molar-refractivity contribution is 5.91. The van der Waals surface area contributed by atoms with E-state index in [1.807, 2.05) is 30.3 Å². The fourth-order valence-electron chi connectivity index (χ4n) is 3.03. The highest BCUT2D eigenvalue weighted by Crippen LogP contribution is 2.24. The number of anilines is 1. The molecule has 0 radical (unpaired) electrons. The average molecular weight is 372 g/mol. The Balaban J connectivity index is 1.92. The van der Waals surface area contributed by atoms with Crippen molar-refractivity contribution in [2.75, 3.05) is 5.73 Å². The van der Waals surface area contributed by atoms with Crippen LogP contribution in [0, 0.1) is 0 Å². The molecule has 1 aromatic heterocycles. The van der Waals surface area contributed by atoms with E-state index in [4.69, 9.17) is 5.73 Å². The second-order valence-electron chi connectivity index (χ2n) is 6.18. The van der Waals surface area contributed by atoms with E-state index in [1.54, 1.807) is 36.4 Å². The largest absolute Gasteiger partial charge is 0.493 e. The molecule has 4 rings (SSSR count). The van der Waals surface area contributed by atoms with Gasteiger partial charge in [0.25, 0.3) is 5.56 Å². The first kappa shape index (κ1) is 17.3. The van der Waals surface area contributed by atoms with E-state index < -0.39 is 17.1 Å². The van der Waals surface area contributed by atoms with E-state index in [1.165, 1.54) is 6.21 Å². The molecule has 0 atom stereocenters. The van der Waals surface area contributed by atoms with Crippen molar-refractivity contribution < 1.29 is 5.11 Å². The summed E-state index contributed by atoms with van der Waals surface area (Å²) in [7, 11) is 0. The monoisotopic (exact) mass is 372 g/mol. The Hall–Kier alpha value is -4.13. The van der Waals surface area contributed by atoms with Crippen LogP contribution in [0.4, 0.5) is 11.4 Å². The summed E-state index contributed by atoms with van der Waals surface area (Å²) in [6.45, 7) is 0. The molecule has 7 nitrogen and oxygen atoms in total. The molecule has 0 fully saturated rings. The topological polar surface area (TPSA) is 113 Å². The maximum Gasteiger partial charge on any atom is 0.335 e. The Kier molecular flexibility index (Phi) is 4.25. The van der Waals surface area contributed by atoms with E-state index >= 15 is 0 Å². The number of nitrogens with one attached hydrogen (secondary N) is 1. The van der Waals surface area contributed by atoms with E-state index in [2.05, 4.69) is 9.98 Å². The predicted molar refractivity (Wildman–Crippen MR) is 110 cm³/mol. The third-order valence-corrected chi connectivity index (χ3v) is 4.34. The van der Waals surface area contributed by atoms with Crippen molar-refractivity contribution in [2.45, 2.75) is 0 Å². The number of benzene rings is 3. The molecule has 0 saturated carbocycles. The Morgan fingerprint density at radius 1 is 1.00 bits per heavy atom. The Morgan fingerprint density at radius 2 is 1.75 bits per heavy atom. The molecule has 4 aromatic rings. The molecule has 4 N–H and O–H groups in total. The highest BCUT2D eigenvalue weighted by atomic mass is 16.3. The number of nitrogens with zero attached hydrogens (tertiary/aromatic N) is 2. The molecule has 0 saturated heterocycles. The lowest BCUT2D eigenvalue weighted by Crippen LogP contribution is -2.31. The van der Waals surface area contributed by atoms with Gasteiger partial charge in [0.05, 0.1) is 11.4 Å². The number of hydrogen-bond acceptors (Lipinski definition) is 5. The molecule has 0 aliphatic rings. The molecule has 0 amide bonds. The molecular weight excluding hydrogens is 356 g/mol. The highest BCUT2D eigenvalue weighted by Gasteiger charge is 2.15. The zero-order valence-corrected chi connectivity index (χ0v) is 14.7. The van der Waals surface area contributed by atoms with Crippen LogP contribution in [0.5, 0.6) is 5.88 Å². The van der Waals surface area contributed by atoms with Gasteiger partial charge in [0.1, 0.15) is 5.56 Å². The molecule has 0 unspecified atom stereocenters. The molecular formula is C21H16N4O3. The fourth-order valence-corrected chi connectivity index (χ4v) is 3.03. The van der Waals surface area contributed by atoms with Crippen LogP contribution >= 0.6 is 0 Å². The molecule has 3 aromatic carbocycles. The van der Waals surface area contributed by atoms with Crippen LogP contribution in [0.25, 0.3) is 16.5 Å². The van der Waals surface area contributed by atoms with Gasteiger partial charge < -0.3 is 10.8 Å². The number of H-pyrrole nitrogens is 1. The third-order valence-electron chi connectivity index (χ3n) is 4.34. The van der Waals surface area contributed by atoms with E-state index in [0.717, 1.165) is 15.3 Å². The number of nitrogen functional groups attached to an aromatic ring is 1. The first-order valence-corrected chi connectivity index (χ1v) is 8.50. The van der Waals surface area contributed by atoms with Crippen molar-refractivity contribution in [3.05, 3.63) is 93.1 Å². The predicted octanol–water partition coefficient (Wildman–Crippen LogP) is 2.72. The Labute approximate surface area is 159 Å². The van der Waals surface area contributed by atoms with Crippen molar-refractivity contribution in [3.63, 3.8) is 0 Å². The summed E-state index contributed by atoms with van der Waals surface area (Å²) in [5, 5.41) is 12.4. The van der Waals surface area contributed by atoms with E-state index in [9.17, 15) is 14.7 Å². The van der Waals surface area contributed by atoms with Gasteiger partial charge >= 0.3 is 5.69 Å². The van der Waals surface area contributed by atoms with Crippen LogP contribution in [-0.2, 0) is 0 Å². The Bertz CT molecular complexity index is 1330. The lowest BCUT2D eigenvalue weighted by atomic mass is 10.1. The van der Waals surface area contributed by atoms with Gasteiger partial charge in [-0.1, -0.05) is 42.5 Å². The minimum absolute atomic E-state index is 0.130. The standard InChI is InChI=1S/C21H16N4O3/c22-14-7-4-8-15(11-14)23-12-17-19(26)24-21(28)25(20(17)27)18-10-3-6-13-5-1-2-9-16(13)18/h1-12,27H,22H2,(H,24,26,28). The summed E-state index contributed by atoms with van der Waals surface area (Å²) in [6, 6.07) is 19.6. The van der Waals surface area contributed by atoms with Gasteiger partial charge in [-0.15, -0.1) is 0 Å². The van der Waals surface area contributed by atoms with Crippen molar-refractivity contribution in [3.8, 4) is 11.6 Å². The van der Waals surface area contributed by atoms with Gasteiger partial charge in [0.2, 0.25) is 5.88 Å². The van der Waals surface area contributed by atoms with Crippen molar-refractivity contribution in [1.82, 2.24) is 9.55 Å². The molecule has 7 heteroatoms. The van der Waals surface area contributed by atoms with Crippen LogP contribution in [0.3, 0.4) is 0 Å². The van der Waals surface area contributed by atoms with Crippen LogP contribution in [-0.4, -0.2) is 20.9 Å². The van der Waals surface area contributed by atoms with E-state index in [0.29, 0.717) is 17.1 Å². The summed E-state index contributed by atoms with van der Waals surface area (Å²) in [5.74, 6) is -0.488. The molecule has 138 valence electrons. The fraction of sp³-hybridized carbons (Fsp3) is 0. The van der Waals surface area contributed by atoms with Gasteiger partial charge in [-0.2, -0.15) is 0 Å². The molecule has 0 aliphatic carbocycles. The molecule has 0 spiro atoms. The SMILES string of the molecule is Nc1cccc(N=Cc2c(O)n(-c3cccc4ccccc34)c(=O)[nH]c2=O)c1. The number of aromatic hydroxyl groups is 1. The molecule has 0 aliphatic heterocycles. The number of aromatic nitrogens is 2. The maximum absolute atomic E-state index is 12.5. The minimum Gasteiger partial charge on any atom is -0.493 e. The number of hydrogen-bond donors (Lipinski definition) is 3. The summed E-state index contributed by atoms with van der Waals surface area (Å²) in [5.41, 5.74) is 5.62. The number of fused-ring (bicyclic) bond motifs is 1. The summed E-state index contributed by atoms with van der Waals surface area (Å²) >= 11 is 0.